The molecule has 1 saturated carbocycles. The van der Waals surface area contributed by atoms with E-state index in [9.17, 15) is 8.42 Å². The van der Waals surface area contributed by atoms with Crippen LogP contribution >= 0.6 is 10.7 Å². The number of fused-ring (bicyclic) bond motifs is 2. The van der Waals surface area contributed by atoms with E-state index >= 15 is 0 Å². The molecule has 0 bridgehead atoms. The summed E-state index contributed by atoms with van der Waals surface area (Å²) >= 11 is 0. The van der Waals surface area contributed by atoms with Gasteiger partial charge in [0.25, 0.3) is 9.05 Å². The minimum absolute atomic E-state index is 0.0257. The smallest absolute Gasteiger partial charge is 0.268 e. The highest BCUT2D eigenvalue weighted by Crippen LogP contribution is 2.58. The molecule has 6 heteroatoms. The van der Waals surface area contributed by atoms with E-state index in [1.165, 1.54) is 7.11 Å². The molecule has 1 aromatic carbocycles. The number of hydrogen-bond donors (Lipinski definition) is 0. The molecule has 1 aromatic rings. The van der Waals surface area contributed by atoms with Crippen molar-refractivity contribution in [3.8, 4) is 11.5 Å². The van der Waals surface area contributed by atoms with Crippen molar-refractivity contribution in [2.24, 2.45) is 0 Å². The monoisotopic (exact) mass is 274 g/mol. The molecule has 0 unspecified atom stereocenters. The van der Waals surface area contributed by atoms with Crippen LogP contribution in [0.4, 0.5) is 0 Å². The highest BCUT2D eigenvalue weighted by Gasteiger charge is 2.52. The van der Waals surface area contributed by atoms with Gasteiger partial charge in [0.15, 0.2) is 4.90 Å². The summed E-state index contributed by atoms with van der Waals surface area (Å²) in [5, 5.41) is 0. The lowest BCUT2D eigenvalue weighted by Crippen LogP contribution is -2.06. The first-order valence-corrected chi connectivity index (χ1v) is 7.58. The van der Waals surface area contributed by atoms with Gasteiger partial charge in [0, 0.05) is 21.7 Å². The molecule has 92 valence electrons. The lowest BCUT2D eigenvalue weighted by atomic mass is 9.98. The highest BCUT2D eigenvalue weighted by molar-refractivity contribution is 8.14. The van der Waals surface area contributed by atoms with Gasteiger partial charge in [-0.25, -0.2) is 8.42 Å². The van der Waals surface area contributed by atoms with E-state index in [4.69, 9.17) is 20.2 Å². The van der Waals surface area contributed by atoms with Crippen LogP contribution in [0.1, 0.15) is 18.4 Å². The minimum Gasteiger partial charge on any atom is -0.495 e. The fourth-order valence-corrected chi connectivity index (χ4v) is 3.57. The van der Waals surface area contributed by atoms with Crippen molar-refractivity contribution in [2.45, 2.75) is 23.2 Å². The molecule has 1 aliphatic carbocycles. The van der Waals surface area contributed by atoms with E-state index in [-0.39, 0.29) is 16.1 Å². The number of ether oxygens (including phenoxy) is 2. The molecule has 1 fully saturated rings. The molecule has 2 aliphatic rings. The largest absolute Gasteiger partial charge is 0.495 e. The van der Waals surface area contributed by atoms with Gasteiger partial charge in [0.05, 0.1) is 13.7 Å². The lowest BCUT2D eigenvalue weighted by Gasteiger charge is -2.10. The van der Waals surface area contributed by atoms with Crippen molar-refractivity contribution in [3.05, 3.63) is 17.7 Å². The number of benzene rings is 1. The van der Waals surface area contributed by atoms with Gasteiger partial charge in [-0.15, -0.1) is 0 Å². The zero-order chi connectivity index (χ0) is 12.3. The van der Waals surface area contributed by atoms with Crippen LogP contribution in [-0.4, -0.2) is 22.1 Å². The molecule has 0 radical (unpaired) electrons. The molecule has 0 amide bonds. The Balaban J connectivity index is 2.29. The van der Waals surface area contributed by atoms with Crippen LogP contribution in [0.15, 0.2) is 17.0 Å². The van der Waals surface area contributed by atoms with Crippen LogP contribution in [0.3, 0.4) is 0 Å². The quantitative estimate of drug-likeness (QED) is 0.775. The first kappa shape index (κ1) is 11.2. The first-order valence-electron chi connectivity index (χ1n) is 5.27. The standard InChI is InChI=1S/C11H11ClO4S/c1-15-8-3-2-7-9(10(8)17(12,13)14)16-6-11(7)4-5-11/h2-3H,4-6H2,1H3. The molecule has 1 aliphatic heterocycles. The molecule has 1 heterocycles. The summed E-state index contributed by atoms with van der Waals surface area (Å²) in [5.41, 5.74) is 0.968. The third-order valence-corrected chi connectivity index (χ3v) is 4.79. The molecule has 0 atom stereocenters. The first-order chi connectivity index (χ1) is 7.98. The maximum atomic E-state index is 11.6. The highest BCUT2D eigenvalue weighted by atomic mass is 35.7. The minimum atomic E-state index is -3.87. The molecule has 0 N–H and O–H groups in total. The lowest BCUT2D eigenvalue weighted by molar-refractivity contribution is 0.313. The zero-order valence-electron chi connectivity index (χ0n) is 9.20. The fraction of sp³-hybridized carbons (Fsp3) is 0.455. The molecule has 0 aromatic heterocycles. The molecule has 1 spiro atoms. The number of hydrogen-bond acceptors (Lipinski definition) is 4. The van der Waals surface area contributed by atoms with Gasteiger partial charge in [-0.1, -0.05) is 6.07 Å². The summed E-state index contributed by atoms with van der Waals surface area (Å²) in [6, 6.07) is 3.52. The molecular formula is C11H11ClO4S. The van der Waals surface area contributed by atoms with Crippen molar-refractivity contribution in [3.63, 3.8) is 0 Å². The fourth-order valence-electron chi connectivity index (χ4n) is 2.35. The Bertz CT molecular complexity index is 590. The predicted molar refractivity (Wildman–Crippen MR) is 62.4 cm³/mol. The van der Waals surface area contributed by atoms with Gasteiger partial charge in [-0.2, -0.15) is 0 Å². The Morgan fingerprint density at radius 3 is 2.65 bits per heavy atom. The summed E-state index contributed by atoms with van der Waals surface area (Å²) in [4.78, 5) is -0.0389. The maximum Gasteiger partial charge on any atom is 0.268 e. The van der Waals surface area contributed by atoms with Crippen LogP contribution in [0, 0.1) is 0 Å². The summed E-state index contributed by atoms with van der Waals surface area (Å²) in [7, 11) is 2.99. The van der Waals surface area contributed by atoms with Crippen molar-refractivity contribution in [1.29, 1.82) is 0 Å². The summed E-state index contributed by atoms with van der Waals surface area (Å²) < 4.78 is 33.8. The van der Waals surface area contributed by atoms with Crippen LogP contribution < -0.4 is 9.47 Å². The van der Waals surface area contributed by atoms with Crippen molar-refractivity contribution < 1.29 is 17.9 Å². The van der Waals surface area contributed by atoms with Gasteiger partial charge in [0.1, 0.15) is 11.5 Å². The van der Waals surface area contributed by atoms with E-state index in [0.29, 0.717) is 12.4 Å². The SMILES string of the molecule is COc1ccc2c(c1S(=O)(=O)Cl)OCC21CC1. The van der Waals surface area contributed by atoms with Gasteiger partial charge in [-0.05, 0) is 18.9 Å². The van der Waals surface area contributed by atoms with E-state index in [1.54, 1.807) is 6.07 Å². The summed E-state index contributed by atoms with van der Waals surface area (Å²) in [6.45, 7) is 0.537. The predicted octanol–water partition coefficient (Wildman–Crippen LogP) is 2.05. The van der Waals surface area contributed by atoms with E-state index in [0.717, 1.165) is 18.4 Å². The van der Waals surface area contributed by atoms with Gasteiger partial charge >= 0.3 is 0 Å². The van der Waals surface area contributed by atoms with Gasteiger partial charge < -0.3 is 9.47 Å². The normalized spacial score (nSPS) is 19.9. The number of rotatable bonds is 2. The van der Waals surface area contributed by atoms with Gasteiger partial charge in [-0.3, -0.25) is 0 Å². The van der Waals surface area contributed by atoms with Crippen molar-refractivity contribution >= 4 is 19.7 Å². The second kappa shape index (κ2) is 3.29. The topological polar surface area (TPSA) is 52.6 Å². The van der Waals surface area contributed by atoms with Crippen LogP contribution in [0.25, 0.3) is 0 Å². The van der Waals surface area contributed by atoms with Crippen LogP contribution in [0.5, 0.6) is 11.5 Å². The second-order valence-corrected chi connectivity index (χ2v) is 6.98. The second-order valence-electron chi connectivity index (χ2n) is 4.48. The van der Waals surface area contributed by atoms with Crippen molar-refractivity contribution in [2.75, 3.05) is 13.7 Å². The van der Waals surface area contributed by atoms with E-state index < -0.39 is 9.05 Å². The molecule has 3 rings (SSSR count). The summed E-state index contributed by atoms with van der Waals surface area (Å²) in [6.07, 6.45) is 2.07. The molecular weight excluding hydrogens is 264 g/mol. The Labute approximate surface area is 104 Å². The zero-order valence-corrected chi connectivity index (χ0v) is 10.8. The Hall–Kier alpha value is -0.940. The van der Waals surface area contributed by atoms with Gasteiger partial charge in [0.2, 0.25) is 0 Å². The average Bonchev–Trinajstić information content (AvgIpc) is 2.94. The number of methoxy groups -OCH3 is 1. The molecule has 4 nitrogen and oxygen atoms in total. The van der Waals surface area contributed by atoms with Crippen molar-refractivity contribution in [1.82, 2.24) is 0 Å². The third-order valence-electron chi connectivity index (χ3n) is 3.46. The Morgan fingerprint density at radius 1 is 1.41 bits per heavy atom. The maximum absolute atomic E-state index is 11.6. The van der Waals surface area contributed by atoms with Crippen LogP contribution in [-0.2, 0) is 14.5 Å². The Morgan fingerprint density at radius 2 is 2.12 bits per heavy atom. The molecule has 0 saturated heterocycles. The van der Waals surface area contributed by atoms with E-state index in [1.807, 2.05) is 6.07 Å². The van der Waals surface area contributed by atoms with E-state index in [2.05, 4.69) is 0 Å². The summed E-state index contributed by atoms with van der Waals surface area (Å²) in [5.74, 6) is 0.605. The van der Waals surface area contributed by atoms with Crippen LogP contribution in [0.2, 0.25) is 0 Å². The number of halogens is 1. The Kier molecular flexibility index (Phi) is 2.16. The molecule has 17 heavy (non-hydrogen) atoms. The average molecular weight is 275 g/mol. The third kappa shape index (κ3) is 1.52.